The van der Waals surface area contributed by atoms with Gasteiger partial charge in [0.05, 0.1) is 18.8 Å². The third-order valence-electron chi connectivity index (χ3n) is 3.85. The van der Waals surface area contributed by atoms with Gasteiger partial charge in [-0.05, 0) is 43.9 Å². The predicted molar refractivity (Wildman–Crippen MR) is 49.5 cm³/mol. The van der Waals surface area contributed by atoms with Gasteiger partial charge in [-0.3, -0.25) is 0 Å². The van der Waals surface area contributed by atoms with E-state index >= 15 is 0 Å². The summed E-state index contributed by atoms with van der Waals surface area (Å²) < 4.78 is 11.1. The highest BCUT2D eigenvalue weighted by atomic mass is 16.6. The first kappa shape index (κ1) is 8.25. The lowest BCUT2D eigenvalue weighted by Crippen LogP contribution is -2.21. The maximum Gasteiger partial charge on any atom is 0.0831 e. The van der Waals surface area contributed by atoms with Crippen molar-refractivity contribution in [3.05, 3.63) is 0 Å². The van der Waals surface area contributed by atoms with Crippen molar-refractivity contribution in [1.29, 1.82) is 0 Å². The van der Waals surface area contributed by atoms with E-state index in [2.05, 4.69) is 0 Å². The Balaban J connectivity index is 1.40. The van der Waals surface area contributed by atoms with Crippen molar-refractivity contribution in [1.82, 2.24) is 0 Å². The van der Waals surface area contributed by atoms with E-state index in [-0.39, 0.29) is 0 Å². The highest BCUT2D eigenvalue weighted by Gasteiger charge is 2.40. The second-order valence-electron chi connectivity index (χ2n) is 4.83. The summed E-state index contributed by atoms with van der Waals surface area (Å²) in [6, 6.07) is 0. The molecular weight excluding hydrogens is 164 g/mol. The van der Waals surface area contributed by atoms with Crippen LogP contribution in [0.5, 0.6) is 0 Å². The van der Waals surface area contributed by atoms with Gasteiger partial charge in [-0.1, -0.05) is 0 Å². The van der Waals surface area contributed by atoms with Crippen molar-refractivity contribution in [2.24, 2.45) is 11.8 Å². The van der Waals surface area contributed by atoms with Crippen LogP contribution in [0.1, 0.15) is 32.1 Å². The Morgan fingerprint density at radius 2 is 2.15 bits per heavy atom. The monoisotopic (exact) mass is 182 g/mol. The number of rotatable bonds is 4. The number of hydrogen-bond donors (Lipinski definition) is 0. The maximum atomic E-state index is 5.91. The lowest BCUT2D eigenvalue weighted by atomic mass is 9.98. The molecular formula is C11H18O2. The SMILES string of the molecule is C(CC1CO1)OC1CC2CCC1C2. The first-order chi connectivity index (χ1) is 6.42. The van der Waals surface area contributed by atoms with E-state index < -0.39 is 0 Å². The van der Waals surface area contributed by atoms with E-state index in [9.17, 15) is 0 Å². The molecule has 2 bridgehead atoms. The van der Waals surface area contributed by atoms with Gasteiger partial charge in [-0.15, -0.1) is 0 Å². The lowest BCUT2D eigenvalue weighted by molar-refractivity contribution is 0.0131. The highest BCUT2D eigenvalue weighted by molar-refractivity contribution is 4.90. The summed E-state index contributed by atoms with van der Waals surface area (Å²) in [6.45, 7) is 1.90. The number of ether oxygens (including phenoxy) is 2. The molecule has 2 saturated carbocycles. The lowest BCUT2D eigenvalue weighted by Gasteiger charge is -2.21. The zero-order chi connectivity index (χ0) is 8.67. The van der Waals surface area contributed by atoms with Crippen molar-refractivity contribution in [3.8, 4) is 0 Å². The Morgan fingerprint density at radius 3 is 2.77 bits per heavy atom. The van der Waals surface area contributed by atoms with Gasteiger partial charge in [-0.25, -0.2) is 0 Å². The summed E-state index contributed by atoms with van der Waals surface area (Å²) in [7, 11) is 0. The second-order valence-corrected chi connectivity index (χ2v) is 4.83. The Kier molecular flexibility index (Phi) is 2.06. The Morgan fingerprint density at radius 1 is 1.23 bits per heavy atom. The molecule has 0 radical (unpaired) electrons. The molecule has 4 unspecified atom stereocenters. The molecule has 2 heteroatoms. The molecule has 0 aromatic heterocycles. The quantitative estimate of drug-likeness (QED) is 0.620. The molecule has 4 atom stereocenters. The van der Waals surface area contributed by atoms with Crippen molar-refractivity contribution in [2.75, 3.05) is 13.2 Å². The Hall–Kier alpha value is -0.0800. The van der Waals surface area contributed by atoms with Crippen LogP contribution in [0.2, 0.25) is 0 Å². The minimum Gasteiger partial charge on any atom is -0.378 e. The largest absolute Gasteiger partial charge is 0.378 e. The summed E-state index contributed by atoms with van der Waals surface area (Å²) in [5.74, 6) is 1.91. The minimum absolute atomic E-state index is 0.540. The summed E-state index contributed by atoms with van der Waals surface area (Å²) in [6.07, 6.45) is 7.95. The van der Waals surface area contributed by atoms with Gasteiger partial charge in [-0.2, -0.15) is 0 Å². The third-order valence-corrected chi connectivity index (χ3v) is 3.85. The molecule has 74 valence electrons. The van der Waals surface area contributed by atoms with Gasteiger partial charge in [0.1, 0.15) is 0 Å². The standard InChI is InChI=1S/C11H18O2/c1-2-9-5-8(1)6-11(9)12-4-3-10-7-13-10/h8-11H,1-7H2. The first-order valence-corrected chi connectivity index (χ1v) is 5.65. The molecule has 0 aromatic carbocycles. The van der Waals surface area contributed by atoms with Crippen molar-refractivity contribution >= 4 is 0 Å². The molecule has 1 saturated heterocycles. The topological polar surface area (TPSA) is 21.8 Å². The van der Waals surface area contributed by atoms with Crippen LogP contribution in [0.25, 0.3) is 0 Å². The van der Waals surface area contributed by atoms with Gasteiger partial charge in [0.25, 0.3) is 0 Å². The van der Waals surface area contributed by atoms with E-state index in [0.29, 0.717) is 12.2 Å². The van der Waals surface area contributed by atoms with Crippen LogP contribution in [0.15, 0.2) is 0 Å². The fourth-order valence-corrected chi connectivity index (χ4v) is 2.98. The molecule has 0 N–H and O–H groups in total. The van der Waals surface area contributed by atoms with Crippen molar-refractivity contribution in [2.45, 2.75) is 44.3 Å². The molecule has 3 aliphatic rings. The number of epoxide rings is 1. The number of hydrogen-bond acceptors (Lipinski definition) is 2. The fraction of sp³-hybridized carbons (Fsp3) is 1.00. The molecule has 0 spiro atoms. The van der Waals surface area contributed by atoms with Crippen LogP contribution in [-0.4, -0.2) is 25.4 Å². The zero-order valence-electron chi connectivity index (χ0n) is 8.08. The van der Waals surface area contributed by atoms with Gasteiger partial charge >= 0.3 is 0 Å². The highest BCUT2D eigenvalue weighted by Crippen LogP contribution is 2.45. The normalized spacial score (nSPS) is 47.1. The van der Waals surface area contributed by atoms with Gasteiger partial charge in [0, 0.05) is 6.61 Å². The van der Waals surface area contributed by atoms with E-state index in [4.69, 9.17) is 9.47 Å². The fourth-order valence-electron chi connectivity index (χ4n) is 2.98. The first-order valence-electron chi connectivity index (χ1n) is 5.65. The van der Waals surface area contributed by atoms with Crippen LogP contribution >= 0.6 is 0 Å². The maximum absolute atomic E-state index is 5.91. The Bertz CT molecular complexity index is 189. The smallest absolute Gasteiger partial charge is 0.0831 e. The molecule has 3 rings (SSSR count). The van der Waals surface area contributed by atoms with Gasteiger partial charge in [0.2, 0.25) is 0 Å². The minimum atomic E-state index is 0.540. The molecule has 1 aliphatic heterocycles. The number of fused-ring (bicyclic) bond motifs is 2. The van der Waals surface area contributed by atoms with Gasteiger partial charge < -0.3 is 9.47 Å². The Labute approximate surface area is 79.6 Å². The molecule has 2 nitrogen and oxygen atoms in total. The predicted octanol–water partition coefficient (Wildman–Crippen LogP) is 1.98. The summed E-state index contributed by atoms with van der Waals surface area (Å²) >= 11 is 0. The molecule has 0 aromatic rings. The third kappa shape index (κ3) is 1.75. The van der Waals surface area contributed by atoms with E-state index in [1.807, 2.05) is 0 Å². The van der Waals surface area contributed by atoms with E-state index in [1.54, 1.807) is 0 Å². The molecule has 3 fully saturated rings. The average molecular weight is 182 g/mol. The van der Waals surface area contributed by atoms with Crippen molar-refractivity contribution in [3.63, 3.8) is 0 Å². The van der Waals surface area contributed by atoms with Crippen LogP contribution < -0.4 is 0 Å². The summed E-state index contributed by atoms with van der Waals surface area (Å²) in [5.41, 5.74) is 0. The molecule has 0 amide bonds. The van der Waals surface area contributed by atoms with E-state index in [1.165, 1.54) is 25.7 Å². The molecule has 2 aliphatic carbocycles. The zero-order valence-corrected chi connectivity index (χ0v) is 8.08. The van der Waals surface area contributed by atoms with Gasteiger partial charge in [0.15, 0.2) is 0 Å². The molecule has 1 heterocycles. The molecule has 13 heavy (non-hydrogen) atoms. The average Bonchev–Trinajstić information content (AvgIpc) is 2.74. The summed E-state index contributed by atoms with van der Waals surface area (Å²) in [5, 5.41) is 0. The second kappa shape index (κ2) is 3.25. The van der Waals surface area contributed by atoms with Crippen LogP contribution in [-0.2, 0) is 9.47 Å². The summed E-state index contributed by atoms with van der Waals surface area (Å²) in [4.78, 5) is 0. The van der Waals surface area contributed by atoms with Crippen molar-refractivity contribution < 1.29 is 9.47 Å². The van der Waals surface area contributed by atoms with Crippen LogP contribution in [0, 0.1) is 11.8 Å². The van der Waals surface area contributed by atoms with Crippen LogP contribution in [0.4, 0.5) is 0 Å². The van der Waals surface area contributed by atoms with Crippen LogP contribution in [0.3, 0.4) is 0 Å². The van der Waals surface area contributed by atoms with E-state index in [0.717, 1.165) is 31.5 Å².